The van der Waals surface area contributed by atoms with Crippen molar-refractivity contribution in [3.63, 3.8) is 0 Å². The second-order valence-corrected chi connectivity index (χ2v) is 4.44. The monoisotopic (exact) mass is 176 g/mol. The Kier molecular flexibility index (Phi) is 2.87. The van der Waals surface area contributed by atoms with Crippen molar-refractivity contribution in [1.82, 2.24) is 0 Å². The first-order chi connectivity index (χ1) is 6.38. The molecule has 0 fully saturated rings. The molecule has 0 heteroatoms. The summed E-state index contributed by atoms with van der Waals surface area (Å²) in [7, 11) is 0. The zero-order valence-electron chi connectivity index (χ0n) is 8.73. The average molecular weight is 176 g/mol. The van der Waals surface area contributed by atoms with E-state index in [0.717, 1.165) is 0 Å². The van der Waals surface area contributed by atoms with Crippen LogP contribution >= 0.6 is 0 Å². The zero-order chi connectivity index (χ0) is 9.10. The lowest BCUT2D eigenvalue weighted by atomic mass is 9.84. The molecule has 13 heavy (non-hydrogen) atoms. The summed E-state index contributed by atoms with van der Waals surface area (Å²) in [6.45, 7) is 2.34. The Bertz CT molecular complexity index is 243. The number of allylic oxidation sites excluding steroid dienone is 4. The first-order valence-electron chi connectivity index (χ1n) is 5.76. The van der Waals surface area contributed by atoms with Gasteiger partial charge >= 0.3 is 0 Å². The minimum atomic E-state index is 1.33. The van der Waals surface area contributed by atoms with Crippen LogP contribution < -0.4 is 0 Å². The fourth-order valence-electron chi connectivity index (χ4n) is 2.60. The summed E-state index contributed by atoms with van der Waals surface area (Å²) >= 11 is 0. The molecular formula is C13H20. The molecule has 2 rings (SSSR count). The Hall–Kier alpha value is -0.520. The Morgan fingerprint density at radius 3 is 2.38 bits per heavy atom. The first-order valence-corrected chi connectivity index (χ1v) is 5.76. The van der Waals surface area contributed by atoms with Gasteiger partial charge in [0.05, 0.1) is 0 Å². The summed E-state index contributed by atoms with van der Waals surface area (Å²) in [5.74, 6) is 0. The summed E-state index contributed by atoms with van der Waals surface area (Å²) in [5.41, 5.74) is 5.11. The molecule has 0 heterocycles. The van der Waals surface area contributed by atoms with Crippen molar-refractivity contribution in [3.8, 4) is 0 Å². The van der Waals surface area contributed by atoms with Crippen LogP contribution in [0.2, 0.25) is 0 Å². The highest BCUT2D eigenvalue weighted by molar-refractivity contribution is 5.36. The van der Waals surface area contributed by atoms with E-state index in [-0.39, 0.29) is 0 Å². The molecule has 0 atom stereocenters. The third kappa shape index (κ3) is 2.04. The highest BCUT2D eigenvalue weighted by atomic mass is 14.2. The highest BCUT2D eigenvalue weighted by Gasteiger charge is 2.14. The second kappa shape index (κ2) is 4.13. The molecule has 0 radical (unpaired) electrons. The molecule has 0 aromatic carbocycles. The molecule has 0 N–H and O–H groups in total. The van der Waals surface area contributed by atoms with Gasteiger partial charge in [-0.05, 0) is 69.4 Å². The molecule has 0 unspecified atom stereocenters. The smallest absolute Gasteiger partial charge is 0.0277 e. The summed E-state index contributed by atoms with van der Waals surface area (Å²) < 4.78 is 0. The summed E-state index contributed by atoms with van der Waals surface area (Å²) in [5, 5.41) is 0. The average Bonchev–Trinajstić information content (AvgIpc) is 2.20. The van der Waals surface area contributed by atoms with Crippen molar-refractivity contribution in [1.29, 1.82) is 0 Å². The molecule has 72 valence electrons. The molecule has 0 saturated heterocycles. The normalized spacial score (nSPS) is 24.5. The Balaban J connectivity index is 2.17. The number of rotatable bonds is 1. The molecule has 0 amide bonds. The lowest BCUT2D eigenvalue weighted by Crippen LogP contribution is -2.03. The van der Waals surface area contributed by atoms with E-state index in [1.807, 2.05) is 0 Å². The van der Waals surface area contributed by atoms with Crippen molar-refractivity contribution in [2.75, 3.05) is 0 Å². The van der Waals surface area contributed by atoms with E-state index in [2.05, 4.69) is 13.0 Å². The second-order valence-electron chi connectivity index (χ2n) is 4.44. The molecule has 2 aliphatic carbocycles. The van der Waals surface area contributed by atoms with Gasteiger partial charge in [0, 0.05) is 0 Å². The standard InChI is InChI=1S/C13H20/c1-11-7-5-6-10-13(11)12-8-3-2-4-9-12/h8H,2-7,9-10H2,1H3. The lowest BCUT2D eigenvalue weighted by Gasteiger charge is -2.22. The van der Waals surface area contributed by atoms with E-state index in [1.165, 1.54) is 51.4 Å². The maximum absolute atomic E-state index is 2.49. The fraction of sp³-hybridized carbons (Fsp3) is 0.692. The minimum absolute atomic E-state index is 1.33. The van der Waals surface area contributed by atoms with Crippen molar-refractivity contribution in [3.05, 3.63) is 22.8 Å². The Morgan fingerprint density at radius 2 is 1.69 bits per heavy atom. The van der Waals surface area contributed by atoms with Gasteiger partial charge in [-0.3, -0.25) is 0 Å². The maximum Gasteiger partial charge on any atom is -0.0277 e. The highest BCUT2D eigenvalue weighted by Crippen LogP contribution is 2.33. The molecule has 0 aliphatic heterocycles. The van der Waals surface area contributed by atoms with E-state index in [9.17, 15) is 0 Å². The van der Waals surface area contributed by atoms with E-state index in [1.54, 1.807) is 16.7 Å². The van der Waals surface area contributed by atoms with E-state index < -0.39 is 0 Å². The summed E-state index contributed by atoms with van der Waals surface area (Å²) in [6.07, 6.45) is 13.6. The van der Waals surface area contributed by atoms with Crippen LogP contribution in [0.3, 0.4) is 0 Å². The van der Waals surface area contributed by atoms with Crippen LogP contribution in [0.5, 0.6) is 0 Å². The van der Waals surface area contributed by atoms with Gasteiger partial charge in [-0.1, -0.05) is 11.6 Å². The molecule has 0 aromatic heterocycles. The minimum Gasteiger partial charge on any atom is -0.0810 e. The molecule has 0 aromatic rings. The van der Waals surface area contributed by atoms with Gasteiger partial charge < -0.3 is 0 Å². The van der Waals surface area contributed by atoms with Crippen molar-refractivity contribution in [2.45, 2.75) is 58.3 Å². The predicted molar refractivity (Wildman–Crippen MR) is 57.7 cm³/mol. The van der Waals surface area contributed by atoms with Crippen LogP contribution in [0.1, 0.15) is 58.3 Å². The Morgan fingerprint density at radius 1 is 0.923 bits per heavy atom. The van der Waals surface area contributed by atoms with Gasteiger partial charge in [0.25, 0.3) is 0 Å². The summed E-state index contributed by atoms with van der Waals surface area (Å²) in [6, 6.07) is 0. The van der Waals surface area contributed by atoms with Crippen LogP contribution in [-0.2, 0) is 0 Å². The van der Waals surface area contributed by atoms with Crippen molar-refractivity contribution < 1.29 is 0 Å². The van der Waals surface area contributed by atoms with Crippen molar-refractivity contribution in [2.24, 2.45) is 0 Å². The van der Waals surface area contributed by atoms with Gasteiger partial charge in [-0.2, -0.15) is 0 Å². The lowest BCUT2D eigenvalue weighted by molar-refractivity contribution is 0.646. The van der Waals surface area contributed by atoms with Crippen LogP contribution in [0, 0.1) is 0 Å². The Labute approximate surface area is 81.7 Å². The molecule has 0 saturated carbocycles. The maximum atomic E-state index is 2.49. The van der Waals surface area contributed by atoms with E-state index in [0.29, 0.717) is 0 Å². The van der Waals surface area contributed by atoms with Crippen LogP contribution in [0.25, 0.3) is 0 Å². The quantitative estimate of drug-likeness (QED) is 0.556. The van der Waals surface area contributed by atoms with Gasteiger partial charge in [-0.15, -0.1) is 0 Å². The number of hydrogen-bond acceptors (Lipinski definition) is 0. The molecule has 2 aliphatic rings. The molecular weight excluding hydrogens is 156 g/mol. The van der Waals surface area contributed by atoms with Crippen LogP contribution in [-0.4, -0.2) is 0 Å². The van der Waals surface area contributed by atoms with E-state index >= 15 is 0 Å². The summed E-state index contributed by atoms with van der Waals surface area (Å²) in [4.78, 5) is 0. The third-order valence-corrected chi connectivity index (χ3v) is 3.42. The SMILES string of the molecule is CC1=C(C2=CCCCC2)CCCC1. The fourth-order valence-corrected chi connectivity index (χ4v) is 2.60. The van der Waals surface area contributed by atoms with Gasteiger partial charge in [0.1, 0.15) is 0 Å². The van der Waals surface area contributed by atoms with Crippen LogP contribution in [0.4, 0.5) is 0 Å². The van der Waals surface area contributed by atoms with Gasteiger partial charge in [0.2, 0.25) is 0 Å². The third-order valence-electron chi connectivity index (χ3n) is 3.42. The zero-order valence-corrected chi connectivity index (χ0v) is 8.73. The van der Waals surface area contributed by atoms with Gasteiger partial charge in [-0.25, -0.2) is 0 Å². The largest absolute Gasteiger partial charge is 0.0810 e. The molecule has 0 bridgehead atoms. The topological polar surface area (TPSA) is 0 Å². The number of hydrogen-bond donors (Lipinski definition) is 0. The predicted octanol–water partition coefficient (Wildman–Crippen LogP) is 4.38. The van der Waals surface area contributed by atoms with Crippen LogP contribution in [0.15, 0.2) is 22.8 Å². The van der Waals surface area contributed by atoms with Gasteiger partial charge in [0.15, 0.2) is 0 Å². The van der Waals surface area contributed by atoms with Crippen molar-refractivity contribution >= 4 is 0 Å². The first kappa shape index (κ1) is 9.05. The molecule has 0 nitrogen and oxygen atoms in total. The molecule has 0 spiro atoms. The van der Waals surface area contributed by atoms with E-state index in [4.69, 9.17) is 0 Å².